The summed E-state index contributed by atoms with van der Waals surface area (Å²) in [7, 11) is 0. The SMILES string of the molecule is Cc1ccc2nc(-c3ccc(N4C(=O)CC(N(C(=O)Cc5ccccc5)C5CC5)C4=O)cc3)sc2c1. The van der Waals surface area contributed by atoms with E-state index < -0.39 is 6.04 Å². The number of hydrogen-bond donors (Lipinski definition) is 0. The molecule has 3 aromatic carbocycles. The van der Waals surface area contributed by atoms with Crippen molar-refractivity contribution in [1.82, 2.24) is 9.88 Å². The molecule has 36 heavy (non-hydrogen) atoms. The first-order valence-electron chi connectivity index (χ1n) is 12.2. The topological polar surface area (TPSA) is 70.6 Å². The van der Waals surface area contributed by atoms with Gasteiger partial charge in [0.15, 0.2) is 0 Å². The van der Waals surface area contributed by atoms with Crippen LogP contribution in [0.15, 0.2) is 72.8 Å². The molecular weight excluding hydrogens is 470 g/mol. The lowest BCUT2D eigenvalue weighted by molar-refractivity contribution is -0.138. The van der Waals surface area contributed by atoms with Crippen LogP contribution in [0.25, 0.3) is 20.8 Å². The van der Waals surface area contributed by atoms with Crippen molar-refractivity contribution in [1.29, 1.82) is 0 Å². The number of imide groups is 1. The number of benzene rings is 3. The lowest BCUT2D eigenvalue weighted by atomic mass is 10.1. The molecule has 6 nitrogen and oxygen atoms in total. The number of aryl methyl sites for hydroxylation is 1. The summed E-state index contributed by atoms with van der Waals surface area (Å²) in [6.45, 7) is 2.06. The average Bonchev–Trinajstić information content (AvgIpc) is 3.54. The van der Waals surface area contributed by atoms with Gasteiger partial charge in [0.1, 0.15) is 11.0 Å². The van der Waals surface area contributed by atoms with Gasteiger partial charge in [0.05, 0.1) is 28.7 Å². The Morgan fingerprint density at radius 3 is 2.50 bits per heavy atom. The predicted molar refractivity (Wildman–Crippen MR) is 141 cm³/mol. The number of nitrogens with zero attached hydrogens (tertiary/aromatic N) is 3. The van der Waals surface area contributed by atoms with Gasteiger partial charge < -0.3 is 4.90 Å². The van der Waals surface area contributed by atoms with E-state index in [0.717, 1.165) is 39.2 Å². The molecular formula is C29H25N3O3S. The van der Waals surface area contributed by atoms with Crippen molar-refractivity contribution in [3.63, 3.8) is 0 Å². The molecule has 7 heteroatoms. The first-order chi connectivity index (χ1) is 17.5. The number of fused-ring (bicyclic) bond motifs is 1. The molecule has 1 atom stereocenters. The Balaban J connectivity index is 1.22. The molecule has 0 spiro atoms. The van der Waals surface area contributed by atoms with Crippen molar-refractivity contribution in [2.24, 2.45) is 0 Å². The zero-order valence-electron chi connectivity index (χ0n) is 19.9. The van der Waals surface area contributed by atoms with Crippen molar-refractivity contribution < 1.29 is 14.4 Å². The van der Waals surface area contributed by atoms with E-state index in [1.54, 1.807) is 28.4 Å². The number of hydrogen-bond acceptors (Lipinski definition) is 5. The quantitative estimate of drug-likeness (QED) is 0.348. The van der Waals surface area contributed by atoms with Crippen molar-refractivity contribution in [3.8, 4) is 10.6 Å². The van der Waals surface area contributed by atoms with Gasteiger partial charge in [-0.15, -0.1) is 11.3 Å². The molecule has 2 fully saturated rings. The van der Waals surface area contributed by atoms with E-state index in [1.165, 1.54) is 10.5 Å². The van der Waals surface area contributed by atoms with Crippen molar-refractivity contribution in [3.05, 3.63) is 83.9 Å². The summed E-state index contributed by atoms with van der Waals surface area (Å²) in [4.78, 5) is 47.3. The third-order valence-electron chi connectivity index (χ3n) is 6.80. The van der Waals surface area contributed by atoms with Crippen LogP contribution < -0.4 is 4.90 Å². The van der Waals surface area contributed by atoms with Crippen LogP contribution in [0.5, 0.6) is 0 Å². The number of anilines is 1. The second-order valence-corrected chi connectivity index (χ2v) is 10.5. The summed E-state index contributed by atoms with van der Waals surface area (Å²) in [5.74, 6) is -0.694. The smallest absolute Gasteiger partial charge is 0.257 e. The van der Waals surface area contributed by atoms with Crippen LogP contribution in [0.1, 0.15) is 30.4 Å². The van der Waals surface area contributed by atoms with E-state index in [2.05, 4.69) is 13.0 Å². The van der Waals surface area contributed by atoms with Crippen LogP contribution in [0.2, 0.25) is 0 Å². The number of aromatic nitrogens is 1. The van der Waals surface area contributed by atoms with Crippen LogP contribution in [0.3, 0.4) is 0 Å². The summed E-state index contributed by atoms with van der Waals surface area (Å²) in [5, 5.41) is 0.894. The van der Waals surface area contributed by atoms with Crippen LogP contribution in [0.4, 0.5) is 5.69 Å². The fourth-order valence-corrected chi connectivity index (χ4v) is 5.93. The molecule has 0 radical (unpaired) electrons. The third-order valence-corrected chi connectivity index (χ3v) is 7.87. The largest absolute Gasteiger partial charge is 0.327 e. The zero-order valence-corrected chi connectivity index (χ0v) is 20.7. The van der Waals surface area contributed by atoms with E-state index in [4.69, 9.17) is 4.98 Å². The van der Waals surface area contributed by atoms with Gasteiger partial charge in [0.2, 0.25) is 11.8 Å². The van der Waals surface area contributed by atoms with Gasteiger partial charge in [0, 0.05) is 11.6 Å². The summed E-state index contributed by atoms with van der Waals surface area (Å²) >= 11 is 1.62. The fourth-order valence-electron chi connectivity index (χ4n) is 4.86. The highest BCUT2D eigenvalue weighted by Gasteiger charge is 2.48. The molecule has 180 valence electrons. The summed E-state index contributed by atoms with van der Waals surface area (Å²) < 4.78 is 1.13. The van der Waals surface area contributed by atoms with Crippen LogP contribution in [-0.2, 0) is 20.8 Å². The van der Waals surface area contributed by atoms with Crippen molar-refractivity contribution >= 4 is 45.0 Å². The molecule has 4 aromatic rings. The standard InChI is InChI=1S/C29H25N3O3S/c1-18-7-14-23-25(15-18)36-28(30-23)20-8-10-22(11-9-20)32-27(34)17-24(29(32)35)31(21-12-13-21)26(33)16-19-5-3-2-4-6-19/h2-11,14-15,21,24H,12-13,16-17H2,1H3. The molecule has 1 saturated heterocycles. The van der Waals surface area contributed by atoms with Gasteiger partial charge in [-0.25, -0.2) is 9.88 Å². The maximum absolute atomic E-state index is 13.5. The van der Waals surface area contributed by atoms with E-state index >= 15 is 0 Å². The number of rotatable bonds is 6. The second kappa shape index (κ2) is 8.99. The highest BCUT2D eigenvalue weighted by Crippen LogP contribution is 2.36. The van der Waals surface area contributed by atoms with Gasteiger partial charge in [0.25, 0.3) is 5.91 Å². The number of thiazole rings is 1. The maximum atomic E-state index is 13.5. The molecule has 1 aromatic heterocycles. The molecule has 1 saturated carbocycles. The molecule has 0 bridgehead atoms. The van der Waals surface area contributed by atoms with E-state index in [1.807, 2.05) is 54.6 Å². The minimum absolute atomic E-state index is 0.0227. The molecule has 0 N–H and O–H groups in total. The van der Waals surface area contributed by atoms with Crippen LogP contribution in [-0.4, -0.2) is 39.7 Å². The number of carbonyl (C=O) groups is 3. The molecule has 2 aliphatic rings. The Kier molecular flexibility index (Phi) is 5.64. The Bertz CT molecular complexity index is 1470. The first-order valence-corrected chi connectivity index (χ1v) is 13.0. The minimum Gasteiger partial charge on any atom is -0.327 e. The van der Waals surface area contributed by atoms with E-state index in [9.17, 15) is 14.4 Å². The number of carbonyl (C=O) groups excluding carboxylic acids is 3. The highest BCUT2D eigenvalue weighted by molar-refractivity contribution is 7.21. The lowest BCUT2D eigenvalue weighted by Crippen LogP contribution is -2.47. The van der Waals surface area contributed by atoms with Crippen molar-refractivity contribution in [2.45, 2.75) is 44.7 Å². The summed E-state index contributed by atoms with van der Waals surface area (Å²) in [5.41, 5.74) is 4.52. The summed E-state index contributed by atoms with van der Waals surface area (Å²) in [6, 6.07) is 22.4. The zero-order chi connectivity index (χ0) is 24.8. The van der Waals surface area contributed by atoms with E-state index in [-0.39, 0.29) is 36.6 Å². The predicted octanol–water partition coefficient (Wildman–Crippen LogP) is 5.14. The Labute approximate surface area is 213 Å². The molecule has 3 amide bonds. The normalized spacial score (nSPS) is 17.7. The van der Waals surface area contributed by atoms with Gasteiger partial charge in [-0.3, -0.25) is 14.4 Å². The monoisotopic (exact) mass is 495 g/mol. The van der Waals surface area contributed by atoms with Crippen molar-refractivity contribution in [2.75, 3.05) is 4.90 Å². The van der Waals surface area contributed by atoms with Gasteiger partial charge >= 0.3 is 0 Å². The van der Waals surface area contributed by atoms with E-state index in [0.29, 0.717) is 5.69 Å². The molecule has 6 rings (SSSR count). The molecule has 1 unspecified atom stereocenters. The third kappa shape index (κ3) is 4.20. The minimum atomic E-state index is -0.742. The van der Waals surface area contributed by atoms with Crippen LogP contribution >= 0.6 is 11.3 Å². The maximum Gasteiger partial charge on any atom is 0.257 e. The number of amides is 3. The Morgan fingerprint density at radius 2 is 1.78 bits per heavy atom. The van der Waals surface area contributed by atoms with Gasteiger partial charge in [-0.05, 0) is 67.3 Å². The Hall–Kier alpha value is -3.84. The Morgan fingerprint density at radius 1 is 1.03 bits per heavy atom. The summed E-state index contributed by atoms with van der Waals surface area (Å²) in [6.07, 6.45) is 1.99. The average molecular weight is 496 g/mol. The fraction of sp³-hybridized carbons (Fsp3) is 0.241. The lowest BCUT2D eigenvalue weighted by Gasteiger charge is -2.27. The van der Waals surface area contributed by atoms with Gasteiger partial charge in [-0.2, -0.15) is 0 Å². The molecule has 2 heterocycles. The molecule has 1 aliphatic carbocycles. The van der Waals surface area contributed by atoms with Crippen LogP contribution in [0, 0.1) is 6.92 Å². The molecule has 1 aliphatic heterocycles. The first kappa shape index (κ1) is 22.6. The highest BCUT2D eigenvalue weighted by atomic mass is 32.1. The second-order valence-electron chi connectivity index (χ2n) is 9.52. The van der Waals surface area contributed by atoms with Gasteiger partial charge in [-0.1, -0.05) is 36.4 Å².